The van der Waals surface area contributed by atoms with Gasteiger partial charge in [-0.15, -0.1) is 0 Å². The summed E-state index contributed by atoms with van der Waals surface area (Å²) in [5.41, 5.74) is 1.40. The molecule has 0 radical (unpaired) electrons. The third-order valence-corrected chi connectivity index (χ3v) is 4.59. The van der Waals surface area contributed by atoms with E-state index in [-0.39, 0.29) is 25.2 Å². The third kappa shape index (κ3) is 4.61. The van der Waals surface area contributed by atoms with Crippen molar-refractivity contribution in [2.75, 3.05) is 0 Å². The first-order valence-electron chi connectivity index (χ1n) is 8.26. The number of benzene rings is 1. The molecule has 25 heavy (non-hydrogen) atoms. The van der Waals surface area contributed by atoms with Gasteiger partial charge in [-0.05, 0) is 44.3 Å². The molecule has 6 nitrogen and oxygen atoms in total. The zero-order valence-electron chi connectivity index (χ0n) is 15.7. The van der Waals surface area contributed by atoms with Crippen molar-refractivity contribution in [1.29, 1.82) is 0 Å². The molecule has 0 amide bonds. The second kappa shape index (κ2) is 7.18. The van der Waals surface area contributed by atoms with Crippen LogP contribution in [0.5, 0.6) is 0 Å². The van der Waals surface area contributed by atoms with Gasteiger partial charge < -0.3 is 18.8 Å². The zero-order chi connectivity index (χ0) is 18.8. The predicted molar refractivity (Wildman–Crippen MR) is 93.1 cm³/mol. The van der Waals surface area contributed by atoms with Crippen LogP contribution in [0.25, 0.3) is 0 Å². The minimum atomic E-state index is -0.590. The lowest BCUT2D eigenvalue weighted by Crippen LogP contribution is -2.41. The summed E-state index contributed by atoms with van der Waals surface area (Å²) in [5.74, 6) is -0.704. The van der Waals surface area contributed by atoms with Crippen LogP contribution in [0.4, 0.5) is 0 Å². The zero-order valence-corrected chi connectivity index (χ0v) is 15.7. The molecular weight excluding hydrogens is 323 g/mol. The van der Waals surface area contributed by atoms with E-state index in [1.165, 1.54) is 13.8 Å². The number of hydrogen-bond acceptors (Lipinski definition) is 6. The quantitative estimate of drug-likeness (QED) is 0.600. The number of esters is 2. The van der Waals surface area contributed by atoms with Crippen LogP contribution in [0, 0.1) is 0 Å². The first kappa shape index (κ1) is 19.5. The Morgan fingerprint density at radius 2 is 1.48 bits per heavy atom. The molecule has 0 atom stereocenters. The number of carbonyl (C=O) groups excluding carboxylic acids is 2. The van der Waals surface area contributed by atoms with Gasteiger partial charge in [-0.3, -0.25) is 9.59 Å². The van der Waals surface area contributed by atoms with Gasteiger partial charge >= 0.3 is 19.1 Å². The molecule has 1 aromatic rings. The van der Waals surface area contributed by atoms with Crippen LogP contribution in [0.1, 0.15) is 52.7 Å². The number of rotatable bonds is 5. The Kier molecular flexibility index (Phi) is 5.59. The highest BCUT2D eigenvalue weighted by Gasteiger charge is 2.52. The van der Waals surface area contributed by atoms with Crippen molar-refractivity contribution < 1.29 is 28.4 Å². The fraction of sp³-hybridized carbons (Fsp3) is 0.556. The molecule has 1 saturated heterocycles. The van der Waals surface area contributed by atoms with Crippen LogP contribution in [0.2, 0.25) is 0 Å². The average molecular weight is 348 g/mol. The summed E-state index contributed by atoms with van der Waals surface area (Å²) in [6, 6.07) is 5.53. The van der Waals surface area contributed by atoms with Gasteiger partial charge in [0.2, 0.25) is 0 Å². The first-order chi connectivity index (χ1) is 11.5. The molecule has 2 rings (SSSR count). The van der Waals surface area contributed by atoms with Gasteiger partial charge in [0.25, 0.3) is 0 Å². The van der Waals surface area contributed by atoms with Crippen molar-refractivity contribution in [3.8, 4) is 0 Å². The summed E-state index contributed by atoms with van der Waals surface area (Å²) in [6.45, 7) is 10.9. The average Bonchev–Trinajstić information content (AvgIpc) is 2.71. The van der Waals surface area contributed by atoms with Crippen LogP contribution in [-0.4, -0.2) is 30.3 Å². The second-order valence-corrected chi connectivity index (χ2v) is 7.18. The van der Waals surface area contributed by atoms with Gasteiger partial charge in [0.15, 0.2) is 0 Å². The van der Waals surface area contributed by atoms with E-state index in [9.17, 15) is 9.59 Å². The highest BCUT2D eigenvalue weighted by atomic mass is 16.7. The summed E-state index contributed by atoms with van der Waals surface area (Å²) < 4.78 is 22.4. The SMILES string of the molecule is CC(=O)OCc1ccc(COC(C)=O)c(B2OC(C)(C)C(C)(C)O2)c1. The molecule has 136 valence electrons. The fourth-order valence-corrected chi connectivity index (χ4v) is 2.42. The van der Waals surface area contributed by atoms with Crippen LogP contribution >= 0.6 is 0 Å². The van der Waals surface area contributed by atoms with Gasteiger partial charge in [-0.2, -0.15) is 0 Å². The van der Waals surface area contributed by atoms with Crippen LogP contribution in [-0.2, 0) is 41.6 Å². The highest BCUT2D eigenvalue weighted by molar-refractivity contribution is 6.62. The molecule has 0 aliphatic carbocycles. The van der Waals surface area contributed by atoms with Crippen LogP contribution in [0.3, 0.4) is 0 Å². The van der Waals surface area contributed by atoms with E-state index >= 15 is 0 Å². The van der Waals surface area contributed by atoms with Crippen molar-refractivity contribution in [1.82, 2.24) is 0 Å². The lowest BCUT2D eigenvalue weighted by Gasteiger charge is -2.32. The summed E-state index contributed by atoms with van der Waals surface area (Å²) in [4.78, 5) is 22.2. The minimum Gasteiger partial charge on any atom is -0.461 e. The molecule has 0 spiro atoms. The molecule has 0 saturated carbocycles. The summed E-state index contributed by atoms with van der Waals surface area (Å²) in [5, 5.41) is 0. The molecule has 0 N–H and O–H groups in total. The van der Waals surface area contributed by atoms with Gasteiger partial charge in [-0.1, -0.05) is 18.2 Å². The van der Waals surface area contributed by atoms with Crippen molar-refractivity contribution in [2.45, 2.75) is 66.0 Å². The largest absolute Gasteiger partial charge is 0.495 e. The van der Waals surface area contributed by atoms with E-state index in [1.807, 2.05) is 45.9 Å². The maximum absolute atomic E-state index is 11.2. The molecule has 0 unspecified atom stereocenters. The molecule has 7 heteroatoms. The number of carbonyl (C=O) groups is 2. The topological polar surface area (TPSA) is 71.1 Å². The third-order valence-electron chi connectivity index (χ3n) is 4.59. The highest BCUT2D eigenvalue weighted by Crippen LogP contribution is 2.36. The second-order valence-electron chi connectivity index (χ2n) is 7.18. The molecule has 1 aliphatic rings. The molecule has 0 aromatic heterocycles. The summed E-state index contributed by atoms with van der Waals surface area (Å²) >= 11 is 0. The molecule has 1 heterocycles. The van der Waals surface area contributed by atoms with Crippen molar-refractivity contribution in [3.63, 3.8) is 0 Å². The smallest absolute Gasteiger partial charge is 0.461 e. The number of ether oxygens (including phenoxy) is 2. The van der Waals surface area contributed by atoms with Crippen molar-refractivity contribution in [2.24, 2.45) is 0 Å². The van der Waals surface area contributed by atoms with Gasteiger partial charge in [0, 0.05) is 13.8 Å². The summed E-state index contributed by atoms with van der Waals surface area (Å²) in [6.07, 6.45) is 0. The van der Waals surface area contributed by atoms with E-state index in [4.69, 9.17) is 18.8 Å². The molecule has 1 fully saturated rings. The van der Waals surface area contributed by atoms with E-state index in [2.05, 4.69) is 0 Å². The fourth-order valence-electron chi connectivity index (χ4n) is 2.42. The van der Waals surface area contributed by atoms with Crippen molar-refractivity contribution >= 4 is 24.5 Å². The Morgan fingerprint density at radius 3 is 2.00 bits per heavy atom. The van der Waals surface area contributed by atoms with E-state index in [1.54, 1.807) is 0 Å². The molecule has 1 aromatic carbocycles. The normalized spacial score (nSPS) is 18.1. The molecule has 1 aliphatic heterocycles. The Morgan fingerprint density at radius 1 is 0.960 bits per heavy atom. The first-order valence-corrected chi connectivity index (χ1v) is 8.26. The van der Waals surface area contributed by atoms with Crippen molar-refractivity contribution in [3.05, 3.63) is 29.3 Å². The van der Waals surface area contributed by atoms with Gasteiger partial charge in [-0.25, -0.2) is 0 Å². The Balaban J connectivity index is 2.32. The Hall–Kier alpha value is -1.86. The van der Waals surface area contributed by atoms with Crippen LogP contribution in [0.15, 0.2) is 18.2 Å². The standard InChI is InChI=1S/C18H25BO6/c1-12(20)22-10-14-7-8-15(11-23-13(2)21)16(9-14)19-24-17(3,4)18(5,6)25-19/h7-9H,10-11H2,1-6H3. The van der Waals surface area contributed by atoms with Gasteiger partial charge in [0.1, 0.15) is 13.2 Å². The van der Waals surface area contributed by atoms with Gasteiger partial charge in [0.05, 0.1) is 11.2 Å². The minimum absolute atomic E-state index is 0.128. The maximum atomic E-state index is 11.2. The Labute approximate surface area is 148 Å². The Bertz CT molecular complexity index is 652. The summed E-state index contributed by atoms with van der Waals surface area (Å²) in [7, 11) is -0.590. The molecule has 0 bridgehead atoms. The monoisotopic (exact) mass is 348 g/mol. The lowest BCUT2D eigenvalue weighted by atomic mass is 9.75. The van der Waals surface area contributed by atoms with E-state index in [0.717, 1.165) is 16.6 Å². The maximum Gasteiger partial charge on any atom is 0.495 e. The molecular formula is C18H25BO6. The lowest BCUT2D eigenvalue weighted by molar-refractivity contribution is -0.143. The number of hydrogen-bond donors (Lipinski definition) is 0. The predicted octanol–water partition coefficient (Wildman–Crippen LogP) is 2.11. The van der Waals surface area contributed by atoms with E-state index in [0.29, 0.717) is 0 Å². The van der Waals surface area contributed by atoms with E-state index < -0.39 is 18.3 Å². The van der Waals surface area contributed by atoms with Crippen LogP contribution < -0.4 is 5.46 Å².